The largest absolute Gasteiger partial charge is 0.494 e. The summed E-state index contributed by atoms with van der Waals surface area (Å²) in [7, 11) is 1.58. The number of thiol groups is 1. The lowest BCUT2D eigenvalue weighted by Gasteiger charge is -2.16. The van der Waals surface area contributed by atoms with Crippen molar-refractivity contribution in [3.05, 3.63) is 51.5 Å². The van der Waals surface area contributed by atoms with E-state index >= 15 is 0 Å². The van der Waals surface area contributed by atoms with Crippen LogP contribution in [0.2, 0.25) is 0 Å². The highest BCUT2D eigenvalue weighted by atomic mass is 79.9. The lowest BCUT2D eigenvalue weighted by Crippen LogP contribution is -2.07. The molecule has 2 aromatic rings. The van der Waals surface area contributed by atoms with Crippen LogP contribution in [-0.4, -0.2) is 25.0 Å². The van der Waals surface area contributed by atoms with Crippen molar-refractivity contribution < 1.29 is 9.84 Å². The van der Waals surface area contributed by atoms with Crippen molar-refractivity contribution in [3.63, 3.8) is 0 Å². The number of methoxy groups -OCH3 is 1. The minimum Gasteiger partial charge on any atom is -0.494 e. The molecule has 0 spiro atoms. The quantitative estimate of drug-likeness (QED) is 0.307. The van der Waals surface area contributed by atoms with Crippen LogP contribution in [0, 0.1) is 6.92 Å². The first-order chi connectivity index (χ1) is 13.3. The van der Waals surface area contributed by atoms with Gasteiger partial charge in [0.25, 0.3) is 0 Å². The van der Waals surface area contributed by atoms with Crippen molar-refractivity contribution in [2.75, 3.05) is 31.0 Å². The van der Waals surface area contributed by atoms with Gasteiger partial charge in [-0.25, -0.2) is 0 Å². The lowest BCUT2D eigenvalue weighted by molar-refractivity contribution is 0.280. The molecule has 0 amide bonds. The fourth-order valence-electron chi connectivity index (χ4n) is 2.37. The number of nitrogens with two attached hydrogens (primary N) is 1. The summed E-state index contributed by atoms with van der Waals surface area (Å²) >= 11 is 6.89. The number of aliphatic hydroxyl groups excluding tert-OH is 1. The van der Waals surface area contributed by atoms with Crippen LogP contribution >= 0.6 is 28.6 Å². The first-order valence-corrected chi connectivity index (χ1v) is 11.0. The zero-order valence-corrected chi connectivity index (χ0v) is 20.3. The highest BCUT2D eigenvalue weighted by Crippen LogP contribution is 2.39. The Labute approximate surface area is 184 Å². The number of hydrogen-bond acceptors (Lipinski definition) is 5. The first kappa shape index (κ1) is 26.6. The van der Waals surface area contributed by atoms with Crippen LogP contribution in [-0.2, 0) is 6.61 Å². The number of nitrogens with one attached hydrogen (secondary N) is 1. The molecule has 0 bridgehead atoms. The van der Waals surface area contributed by atoms with E-state index in [0.29, 0.717) is 17.4 Å². The van der Waals surface area contributed by atoms with Crippen LogP contribution in [0.15, 0.2) is 34.8 Å². The Balaban J connectivity index is 0.000000520. The van der Waals surface area contributed by atoms with Crippen LogP contribution < -0.4 is 15.8 Å². The lowest BCUT2D eigenvalue weighted by atomic mass is 10.0. The monoisotopic (exact) mass is 470 g/mol. The maximum absolute atomic E-state index is 9.17. The number of hydrogen-bond donors (Lipinski definition) is 4. The topological polar surface area (TPSA) is 67.5 Å². The molecule has 158 valence electrons. The predicted molar refractivity (Wildman–Crippen MR) is 130 cm³/mol. The summed E-state index contributed by atoms with van der Waals surface area (Å²) in [6.07, 6.45) is 2.70. The summed E-state index contributed by atoms with van der Waals surface area (Å²) in [5.41, 5.74) is 10.8. The molecule has 0 heterocycles. The van der Waals surface area contributed by atoms with Crippen molar-refractivity contribution in [2.45, 2.75) is 46.6 Å². The third-order valence-corrected chi connectivity index (χ3v) is 4.96. The average Bonchev–Trinajstić information content (AvgIpc) is 2.71. The van der Waals surface area contributed by atoms with E-state index in [1.54, 1.807) is 19.4 Å². The zero-order chi connectivity index (χ0) is 21.7. The first-order valence-electron chi connectivity index (χ1n) is 9.36. The highest BCUT2D eigenvalue weighted by molar-refractivity contribution is 9.10. The standard InChI is InChI=1S/C11H17BrN2O2.C10H14.CH4S/c1-3-4-14-11-8(16-2)5-7(6-15)9(12)10(11)13;1-8(2)10-6-4-9(3)5-7-10;1-2/h5,14-15H,3-4,6,13H2,1-2H3;4-8H,1-3H3;2H,1H3. The van der Waals surface area contributed by atoms with Gasteiger partial charge in [-0.2, -0.15) is 12.6 Å². The molecule has 0 unspecified atom stereocenters. The molecule has 4 nitrogen and oxygen atoms in total. The fraction of sp³-hybridized carbons (Fsp3) is 0.455. The number of benzene rings is 2. The average molecular weight is 472 g/mol. The van der Waals surface area contributed by atoms with E-state index in [9.17, 15) is 0 Å². The SMILES string of the molecule is CCCNc1c(OC)cc(CO)c(Br)c1N.CS.Cc1ccc(C(C)C)cc1. The molecule has 6 heteroatoms. The van der Waals surface area contributed by atoms with Gasteiger partial charge >= 0.3 is 0 Å². The molecule has 28 heavy (non-hydrogen) atoms. The Morgan fingerprint density at radius 3 is 2.21 bits per heavy atom. The second-order valence-corrected chi connectivity index (χ2v) is 7.28. The van der Waals surface area contributed by atoms with Crippen molar-refractivity contribution >= 4 is 39.9 Å². The Morgan fingerprint density at radius 1 is 1.21 bits per heavy atom. The molecule has 2 aromatic carbocycles. The van der Waals surface area contributed by atoms with Crippen LogP contribution in [0.1, 0.15) is 49.8 Å². The van der Waals surface area contributed by atoms with Crippen molar-refractivity contribution in [1.82, 2.24) is 0 Å². The molecule has 2 rings (SSSR count). The number of halogens is 1. The van der Waals surface area contributed by atoms with Gasteiger partial charge in [-0.05, 0) is 58.6 Å². The number of ether oxygens (including phenoxy) is 1. The number of anilines is 2. The maximum atomic E-state index is 9.17. The normalized spacial score (nSPS) is 9.79. The van der Waals surface area contributed by atoms with Crippen LogP contribution in [0.5, 0.6) is 5.75 Å². The Hall–Kier alpha value is -1.37. The van der Waals surface area contributed by atoms with Gasteiger partial charge in [-0.3, -0.25) is 0 Å². The number of nitrogen functional groups attached to an aromatic ring is 1. The third-order valence-electron chi connectivity index (χ3n) is 4.03. The van der Waals surface area contributed by atoms with E-state index in [0.717, 1.165) is 28.7 Å². The predicted octanol–water partition coefficient (Wildman–Crippen LogP) is 6.02. The van der Waals surface area contributed by atoms with E-state index in [1.807, 2.05) is 0 Å². The molecule has 0 aliphatic rings. The molecule has 0 fully saturated rings. The van der Waals surface area contributed by atoms with Gasteiger partial charge in [0, 0.05) is 11.0 Å². The summed E-state index contributed by atoms with van der Waals surface area (Å²) < 4.78 is 5.96. The fourth-order valence-corrected chi connectivity index (χ4v) is 2.81. The molecule has 0 radical (unpaired) electrons. The van der Waals surface area contributed by atoms with E-state index in [1.165, 1.54) is 11.1 Å². The van der Waals surface area contributed by atoms with Gasteiger partial charge in [-0.15, -0.1) is 0 Å². The molecular weight excluding hydrogens is 436 g/mol. The second-order valence-electron chi connectivity index (χ2n) is 6.49. The van der Waals surface area contributed by atoms with Gasteiger partial charge in [0.2, 0.25) is 0 Å². The van der Waals surface area contributed by atoms with E-state index in [-0.39, 0.29) is 6.61 Å². The smallest absolute Gasteiger partial charge is 0.144 e. The minimum absolute atomic E-state index is 0.0742. The molecule has 0 aromatic heterocycles. The molecular formula is C22H35BrN2O2S. The summed E-state index contributed by atoms with van der Waals surface area (Å²) in [6, 6.07) is 10.5. The van der Waals surface area contributed by atoms with E-state index < -0.39 is 0 Å². The van der Waals surface area contributed by atoms with Gasteiger partial charge in [0.05, 0.1) is 19.4 Å². The molecule has 0 aliphatic carbocycles. The molecule has 0 saturated heterocycles. The van der Waals surface area contributed by atoms with E-state index in [2.05, 4.69) is 85.8 Å². The zero-order valence-electron chi connectivity index (χ0n) is 17.8. The van der Waals surface area contributed by atoms with Crippen LogP contribution in [0.3, 0.4) is 0 Å². The summed E-state index contributed by atoms with van der Waals surface area (Å²) in [4.78, 5) is 0. The summed E-state index contributed by atoms with van der Waals surface area (Å²) in [5, 5.41) is 12.4. The highest BCUT2D eigenvalue weighted by Gasteiger charge is 2.14. The Morgan fingerprint density at radius 2 is 1.79 bits per heavy atom. The summed E-state index contributed by atoms with van der Waals surface area (Å²) in [5.74, 6) is 1.30. The molecule has 0 aliphatic heterocycles. The molecule has 4 N–H and O–H groups in total. The molecule has 0 saturated carbocycles. The van der Waals surface area contributed by atoms with E-state index in [4.69, 9.17) is 15.6 Å². The van der Waals surface area contributed by atoms with Crippen molar-refractivity contribution in [3.8, 4) is 5.75 Å². The molecule has 0 atom stereocenters. The Kier molecular flexibility index (Phi) is 13.9. The van der Waals surface area contributed by atoms with Crippen molar-refractivity contribution in [2.24, 2.45) is 0 Å². The van der Waals surface area contributed by atoms with Crippen LogP contribution in [0.4, 0.5) is 11.4 Å². The maximum Gasteiger partial charge on any atom is 0.144 e. The van der Waals surface area contributed by atoms with Gasteiger partial charge in [0.1, 0.15) is 11.4 Å². The van der Waals surface area contributed by atoms with Gasteiger partial charge in [-0.1, -0.05) is 50.6 Å². The number of rotatable bonds is 6. The minimum atomic E-state index is -0.0742. The van der Waals surface area contributed by atoms with Gasteiger partial charge < -0.3 is 20.9 Å². The summed E-state index contributed by atoms with van der Waals surface area (Å²) in [6.45, 7) is 9.37. The van der Waals surface area contributed by atoms with Crippen molar-refractivity contribution in [1.29, 1.82) is 0 Å². The van der Waals surface area contributed by atoms with Crippen LogP contribution in [0.25, 0.3) is 0 Å². The third kappa shape index (κ3) is 8.33. The second kappa shape index (κ2) is 14.6. The number of aliphatic hydroxyl groups is 1. The Bertz CT molecular complexity index is 692. The van der Waals surface area contributed by atoms with Gasteiger partial charge in [0.15, 0.2) is 0 Å². The number of aryl methyl sites for hydroxylation is 1.